The maximum absolute atomic E-state index is 2.42. The van der Waals surface area contributed by atoms with Crippen molar-refractivity contribution in [2.24, 2.45) is 18.9 Å². The second-order valence-electron chi connectivity index (χ2n) is 9.36. The Morgan fingerprint density at radius 3 is 2.00 bits per heavy atom. The van der Waals surface area contributed by atoms with E-state index >= 15 is 0 Å². The lowest BCUT2D eigenvalue weighted by Crippen LogP contribution is -2.30. The number of aromatic nitrogens is 1. The van der Waals surface area contributed by atoms with Crippen molar-refractivity contribution >= 4 is 10.8 Å². The summed E-state index contributed by atoms with van der Waals surface area (Å²) in [5, 5.41) is 2.68. The van der Waals surface area contributed by atoms with Crippen LogP contribution < -0.4 is 4.57 Å². The van der Waals surface area contributed by atoms with E-state index in [1.807, 2.05) is 0 Å². The Labute approximate surface area is 171 Å². The van der Waals surface area contributed by atoms with Crippen molar-refractivity contribution in [1.82, 2.24) is 0 Å². The summed E-state index contributed by atoms with van der Waals surface area (Å²) in [4.78, 5) is 0. The van der Waals surface area contributed by atoms with Crippen molar-refractivity contribution in [3.05, 3.63) is 65.4 Å². The first-order chi connectivity index (χ1) is 13.2. The summed E-state index contributed by atoms with van der Waals surface area (Å²) < 4.78 is 2.27. The Morgan fingerprint density at radius 1 is 0.750 bits per heavy atom. The van der Waals surface area contributed by atoms with E-state index in [1.165, 1.54) is 38.7 Å². The van der Waals surface area contributed by atoms with Crippen LogP contribution in [-0.2, 0) is 7.05 Å². The number of hydrogen-bond acceptors (Lipinski definition) is 0. The van der Waals surface area contributed by atoms with E-state index in [0.717, 1.165) is 0 Å². The first-order valence-electron chi connectivity index (χ1n) is 10.7. The second kappa shape index (κ2) is 8.07. The van der Waals surface area contributed by atoms with Gasteiger partial charge in [-0.05, 0) is 64.8 Å². The summed E-state index contributed by atoms with van der Waals surface area (Å²) in [6.07, 6.45) is 2.21. The van der Waals surface area contributed by atoms with E-state index in [0.29, 0.717) is 23.7 Å². The normalized spacial score (nSPS) is 12.1. The molecule has 3 rings (SSSR count). The lowest BCUT2D eigenvalue weighted by Gasteiger charge is -2.25. The summed E-state index contributed by atoms with van der Waals surface area (Å²) in [5.74, 6) is 2.40. The third kappa shape index (κ3) is 3.85. The van der Waals surface area contributed by atoms with Gasteiger partial charge in [-0.15, -0.1) is 0 Å². The van der Waals surface area contributed by atoms with Crippen LogP contribution >= 0.6 is 0 Å². The third-order valence-electron chi connectivity index (χ3n) is 6.17. The predicted octanol–water partition coefficient (Wildman–Crippen LogP) is 7.16. The minimum atomic E-state index is 0.532. The standard InChI is InChI=1S/C27H36N/c1-17(2)21-10-9-20(7)25(16-21)27-24-12-11-23(26(18(3)4)19(5)6)15-22(24)13-14-28(27)8/h9-19,26H,1-8H3/q+1. The molecule has 0 amide bonds. The van der Waals surface area contributed by atoms with Crippen molar-refractivity contribution in [2.75, 3.05) is 0 Å². The van der Waals surface area contributed by atoms with E-state index in [4.69, 9.17) is 0 Å². The molecule has 1 heteroatoms. The number of rotatable bonds is 5. The Balaban J connectivity index is 2.23. The highest BCUT2D eigenvalue weighted by molar-refractivity contribution is 5.94. The maximum Gasteiger partial charge on any atom is 0.220 e. The van der Waals surface area contributed by atoms with Crippen molar-refractivity contribution in [2.45, 2.75) is 60.3 Å². The molecule has 0 aliphatic rings. The van der Waals surface area contributed by atoms with Crippen LogP contribution in [-0.4, -0.2) is 0 Å². The SMILES string of the molecule is Cc1ccc(C(C)C)cc1-c1c2ccc(C(C(C)C)C(C)C)cc2cc[n+]1C. The smallest absolute Gasteiger partial charge is 0.200 e. The topological polar surface area (TPSA) is 3.88 Å². The van der Waals surface area contributed by atoms with Crippen LogP contribution in [0.25, 0.3) is 22.0 Å². The lowest BCUT2D eigenvalue weighted by molar-refractivity contribution is -0.659. The molecule has 0 aliphatic heterocycles. The molecule has 0 atom stereocenters. The van der Waals surface area contributed by atoms with Crippen molar-refractivity contribution in [3.8, 4) is 11.3 Å². The van der Waals surface area contributed by atoms with Crippen LogP contribution in [0.15, 0.2) is 48.7 Å². The summed E-state index contributed by atoms with van der Waals surface area (Å²) in [6.45, 7) is 16.1. The summed E-state index contributed by atoms with van der Waals surface area (Å²) in [5.41, 5.74) is 6.85. The highest BCUT2D eigenvalue weighted by Crippen LogP contribution is 2.36. The summed E-state index contributed by atoms with van der Waals surface area (Å²) >= 11 is 0. The Morgan fingerprint density at radius 2 is 1.39 bits per heavy atom. The number of fused-ring (bicyclic) bond motifs is 1. The van der Waals surface area contributed by atoms with Crippen LogP contribution in [0.1, 0.15) is 70.1 Å². The molecule has 1 heterocycles. The van der Waals surface area contributed by atoms with E-state index in [2.05, 4.69) is 109 Å². The molecule has 3 aromatic rings. The van der Waals surface area contributed by atoms with Crippen LogP contribution in [0, 0.1) is 18.8 Å². The van der Waals surface area contributed by atoms with Gasteiger partial charge in [0.15, 0.2) is 6.20 Å². The van der Waals surface area contributed by atoms with Gasteiger partial charge in [0.2, 0.25) is 5.69 Å². The van der Waals surface area contributed by atoms with Crippen molar-refractivity contribution in [1.29, 1.82) is 0 Å². The monoisotopic (exact) mass is 374 g/mol. The molecule has 1 aromatic heterocycles. The average Bonchev–Trinajstić information content (AvgIpc) is 2.62. The molecule has 2 aromatic carbocycles. The molecule has 0 fully saturated rings. The molecule has 1 nitrogen and oxygen atoms in total. The number of aryl methyl sites for hydroxylation is 2. The molecular formula is C27H36N+. The lowest BCUT2D eigenvalue weighted by atomic mass is 9.79. The zero-order valence-electron chi connectivity index (χ0n) is 18.9. The number of pyridine rings is 1. The van der Waals surface area contributed by atoms with Crippen LogP contribution in [0.4, 0.5) is 0 Å². The summed E-state index contributed by atoms with van der Waals surface area (Å²) in [7, 11) is 2.16. The Hall–Kier alpha value is -2.15. The molecule has 148 valence electrons. The number of nitrogens with zero attached hydrogens (tertiary/aromatic N) is 1. The Kier molecular flexibility index (Phi) is 5.93. The average molecular weight is 375 g/mol. The van der Waals surface area contributed by atoms with Crippen molar-refractivity contribution in [3.63, 3.8) is 0 Å². The molecule has 0 saturated carbocycles. The van der Waals surface area contributed by atoms with Gasteiger partial charge in [0.1, 0.15) is 7.05 Å². The molecule has 0 unspecified atom stereocenters. The van der Waals surface area contributed by atoms with E-state index in [-0.39, 0.29) is 0 Å². The van der Waals surface area contributed by atoms with E-state index in [1.54, 1.807) is 0 Å². The zero-order valence-corrected chi connectivity index (χ0v) is 18.9. The second-order valence-corrected chi connectivity index (χ2v) is 9.36. The van der Waals surface area contributed by atoms with Crippen LogP contribution in [0.5, 0.6) is 0 Å². The van der Waals surface area contributed by atoms with Gasteiger partial charge >= 0.3 is 0 Å². The quantitative estimate of drug-likeness (QED) is 0.417. The minimum absolute atomic E-state index is 0.532. The third-order valence-corrected chi connectivity index (χ3v) is 6.17. The van der Waals surface area contributed by atoms with Crippen molar-refractivity contribution < 1.29 is 4.57 Å². The molecule has 0 spiro atoms. The predicted molar refractivity (Wildman–Crippen MR) is 122 cm³/mol. The van der Waals surface area contributed by atoms with Gasteiger partial charge in [0.05, 0.1) is 5.39 Å². The first-order valence-corrected chi connectivity index (χ1v) is 10.7. The zero-order chi connectivity index (χ0) is 20.6. The molecule has 0 bridgehead atoms. The molecular weight excluding hydrogens is 338 g/mol. The fraction of sp³-hybridized carbons (Fsp3) is 0.444. The van der Waals surface area contributed by atoms with Gasteiger partial charge in [-0.2, -0.15) is 0 Å². The number of hydrogen-bond donors (Lipinski definition) is 0. The summed E-state index contributed by atoms with van der Waals surface area (Å²) in [6, 6.07) is 16.3. The molecule has 0 N–H and O–H groups in total. The highest BCUT2D eigenvalue weighted by atomic mass is 14.9. The fourth-order valence-electron chi connectivity index (χ4n) is 4.73. The van der Waals surface area contributed by atoms with Gasteiger partial charge in [0, 0.05) is 11.6 Å². The van der Waals surface area contributed by atoms with Gasteiger partial charge < -0.3 is 0 Å². The van der Waals surface area contributed by atoms with E-state index < -0.39 is 0 Å². The van der Waals surface area contributed by atoms with Gasteiger partial charge in [-0.3, -0.25) is 0 Å². The first kappa shape index (κ1) is 20.6. The van der Waals surface area contributed by atoms with E-state index in [9.17, 15) is 0 Å². The molecule has 0 saturated heterocycles. The molecule has 0 aliphatic carbocycles. The Bertz CT molecular complexity index is 971. The van der Waals surface area contributed by atoms with Gasteiger partial charge in [-0.1, -0.05) is 65.8 Å². The van der Waals surface area contributed by atoms with Crippen LogP contribution in [0.3, 0.4) is 0 Å². The van der Waals surface area contributed by atoms with Gasteiger partial charge in [0.25, 0.3) is 0 Å². The minimum Gasteiger partial charge on any atom is -0.200 e. The molecule has 0 radical (unpaired) electrons. The van der Waals surface area contributed by atoms with Crippen LogP contribution in [0.2, 0.25) is 0 Å². The number of benzene rings is 2. The largest absolute Gasteiger partial charge is 0.220 e. The molecule has 28 heavy (non-hydrogen) atoms. The highest BCUT2D eigenvalue weighted by Gasteiger charge is 2.22. The van der Waals surface area contributed by atoms with Gasteiger partial charge in [-0.25, -0.2) is 4.57 Å². The maximum atomic E-state index is 2.42. The fourth-order valence-corrected chi connectivity index (χ4v) is 4.73.